The van der Waals surface area contributed by atoms with E-state index in [-0.39, 0.29) is 24.0 Å². The first kappa shape index (κ1) is 21.5. The van der Waals surface area contributed by atoms with Gasteiger partial charge in [0.15, 0.2) is 0 Å². The third-order valence-electron chi connectivity index (χ3n) is 5.53. The molecule has 0 aromatic carbocycles. The van der Waals surface area contributed by atoms with Crippen LogP contribution in [0.15, 0.2) is 0 Å². The fraction of sp³-hybridized carbons (Fsp3) is 0.850. The van der Waals surface area contributed by atoms with Gasteiger partial charge in [-0.3, -0.25) is 9.59 Å². The minimum Gasteiger partial charge on any atom is -0.469 e. The van der Waals surface area contributed by atoms with Gasteiger partial charge >= 0.3 is 12.1 Å². The summed E-state index contributed by atoms with van der Waals surface area (Å²) in [5, 5.41) is 3.02. The standard InChI is InChI=1S/C20H34N2O5/c1-6-7-8-9-16(23)21-15-13-20(12-14(15)17(24)26-5)10-11-22(20)18(25)27-19(2,3)4/h14-15H,6-13H2,1-5H3,(H,21,23)/t14-,15+,20?/m0/s1. The normalized spacial score (nSPS) is 27.2. The highest BCUT2D eigenvalue weighted by Crippen LogP contribution is 2.48. The molecule has 2 aliphatic rings. The molecule has 2 rings (SSSR count). The lowest BCUT2D eigenvalue weighted by molar-refractivity contribution is -0.146. The number of hydrogen-bond acceptors (Lipinski definition) is 5. The van der Waals surface area contributed by atoms with Gasteiger partial charge in [0.2, 0.25) is 5.91 Å². The summed E-state index contributed by atoms with van der Waals surface area (Å²) in [6, 6.07) is -0.309. The number of esters is 1. The number of likely N-dealkylation sites (tertiary alicyclic amines) is 1. The lowest BCUT2D eigenvalue weighted by atomic mass is 9.82. The molecule has 0 radical (unpaired) electrons. The molecule has 0 aromatic rings. The van der Waals surface area contributed by atoms with Crippen LogP contribution in [0.5, 0.6) is 0 Å². The van der Waals surface area contributed by atoms with Gasteiger partial charge in [-0.2, -0.15) is 0 Å². The topological polar surface area (TPSA) is 84.9 Å². The number of ether oxygens (including phenoxy) is 2. The highest BCUT2D eigenvalue weighted by Gasteiger charge is 2.58. The van der Waals surface area contributed by atoms with Crippen LogP contribution in [0.25, 0.3) is 0 Å². The summed E-state index contributed by atoms with van der Waals surface area (Å²) in [5.41, 5.74) is -0.996. The molecule has 3 atom stereocenters. The highest BCUT2D eigenvalue weighted by molar-refractivity contribution is 5.80. The first-order valence-electron chi connectivity index (χ1n) is 9.99. The Kier molecular flexibility index (Phi) is 6.76. The molecule has 27 heavy (non-hydrogen) atoms. The third-order valence-corrected chi connectivity index (χ3v) is 5.53. The molecule has 1 heterocycles. The molecule has 1 aliphatic heterocycles. The maximum atomic E-state index is 12.6. The van der Waals surface area contributed by atoms with Gasteiger partial charge in [0.05, 0.1) is 18.6 Å². The highest BCUT2D eigenvalue weighted by atomic mass is 16.6. The van der Waals surface area contributed by atoms with Gasteiger partial charge in [-0.1, -0.05) is 19.8 Å². The zero-order valence-electron chi connectivity index (χ0n) is 17.3. The molecule has 1 aliphatic carbocycles. The van der Waals surface area contributed by atoms with Crippen LogP contribution in [-0.4, -0.2) is 53.7 Å². The van der Waals surface area contributed by atoms with Crippen LogP contribution < -0.4 is 5.32 Å². The zero-order valence-corrected chi connectivity index (χ0v) is 17.3. The average Bonchev–Trinajstić information content (AvgIpc) is 2.93. The third kappa shape index (κ3) is 5.14. The summed E-state index contributed by atoms with van der Waals surface area (Å²) in [6.07, 6.45) is 4.87. The van der Waals surface area contributed by atoms with Crippen molar-refractivity contribution in [2.75, 3.05) is 13.7 Å². The molecule has 0 aromatic heterocycles. The van der Waals surface area contributed by atoms with Gasteiger partial charge in [-0.25, -0.2) is 4.79 Å². The van der Waals surface area contributed by atoms with Crippen LogP contribution in [0.2, 0.25) is 0 Å². The minimum atomic E-state index is -0.568. The maximum absolute atomic E-state index is 12.6. The van der Waals surface area contributed by atoms with Crippen molar-refractivity contribution in [1.82, 2.24) is 10.2 Å². The van der Waals surface area contributed by atoms with Crippen molar-refractivity contribution in [3.8, 4) is 0 Å². The van der Waals surface area contributed by atoms with E-state index in [4.69, 9.17) is 9.47 Å². The van der Waals surface area contributed by atoms with E-state index in [1.54, 1.807) is 4.90 Å². The molecule has 1 spiro atoms. The Morgan fingerprint density at radius 3 is 2.41 bits per heavy atom. The van der Waals surface area contributed by atoms with Gasteiger partial charge in [0.1, 0.15) is 5.60 Å². The van der Waals surface area contributed by atoms with Crippen LogP contribution in [-0.2, 0) is 19.1 Å². The summed E-state index contributed by atoms with van der Waals surface area (Å²) in [5.74, 6) is -0.806. The van der Waals surface area contributed by atoms with Crippen molar-refractivity contribution >= 4 is 18.0 Å². The van der Waals surface area contributed by atoms with Crippen molar-refractivity contribution in [3.05, 3.63) is 0 Å². The quantitative estimate of drug-likeness (QED) is 0.564. The Morgan fingerprint density at radius 1 is 1.19 bits per heavy atom. The molecule has 1 unspecified atom stereocenters. The Labute approximate surface area is 162 Å². The number of amides is 2. The first-order chi connectivity index (χ1) is 12.6. The molecule has 7 heteroatoms. The SMILES string of the molecule is CCCCCC(=O)N[C@@H]1CC2(CCN2C(=O)OC(C)(C)C)C[C@@H]1C(=O)OC. The van der Waals surface area contributed by atoms with Gasteiger partial charge in [-0.05, 0) is 46.5 Å². The number of rotatable bonds is 6. The van der Waals surface area contributed by atoms with Crippen LogP contribution in [0.4, 0.5) is 4.79 Å². The van der Waals surface area contributed by atoms with Gasteiger partial charge in [-0.15, -0.1) is 0 Å². The van der Waals surface area contributed by atoms with Crippen molar-refractivity contribution in [3.63, 3.8) is 0 Å². The molecule has 0 bridgehead atoms. The Balaban J connectivity index is 2.06. The molecule has 2 amide bonds. The number of nitrogens with one attached hydrogen (secondary N) is 1. The second kappa shape index (κ2) is 8.48. The number of methoxy groups -OCH3 is 1. The lowest BCUT2D eigenvalue weighted by Gasteiger charge is -2.50. The molecular weight excluding hydrogens is 348 g/mol. The van der Waals surface area contributed by atoms with Crippen molar-refractivity contribution in [1.29, 1.82) is 0 Å². The van der Waals surface area contributed by atoms with E-state index in [2.05, 4.69) is 12.2 Å². The smallest absolute Gasteiger partial charge is 0.410 e. The molecule has 1 N–H and O–H groups in total. The summed E-state index contributed by atoms with van der Waals surface area (Å²) < 4.78 is 10.5. The van der Waals surface area contributed by atoms with Crippen molar-refractivity contribution in [2.45, 2.75) is 89.8 Å². The van der Waals surface area contributed by atoms with Gasteiger partial charge < -0.3 is 19.7 Å². The van der Waals surface area contributed by atoms with Crippen LogP contribution in [0, 0.1) is 5.92 Å². The molecule has 1 saturated carbocycles. The second-order valence-electron chi connectivity index (χ2n) is 8.78. The van der Waals surface area contributed by atoms with E-state index in [1.807, 2.05) is 20.8 Å². The number of nitrogens with zero attached hydrogens (tertiary/aromatic N) is 1. The number of hydrogen-bond donors (Lipinski definition) is 1. The van der Waals surface area contributed by atoms with Crippen molar-refractivity contribution in [2.24, 2.45) is 5.92 Å². The Morgan fingerprint density at radius 2 is 1.89 bits per heavy atom. The van der Waals surface area contributed by atoms with E-state index in [0.717, 1.165) is 25.7 Å². The molecule has 2 fully saturated rings. The van der Waals surface area contributed by atoms with E-state index >= 15 is 0 Å². The predicted molar refractivity (Wildman–Crippen MR) is 101 cm³/mol. The Bertz CT molecular complexity index is 571. The fourth-order valence-corrected chi connectivity index (χ4v) is 4.12. The summed E-state index contributed by atoms with van der Waals surface area (Å²) in [7, 11) is 1.36. The van der Waals surface area contributed by atoms with Crippen molar-refractivity contribution < 1.29 is 23.9 Å². The largest absolute Gasteiger partial charge is 0.469 e. The van der Waals surface area contributed by atoms with E-state index in [0.29, 0.717) is 25.8 Å². The van der Waals surface area contributed by atoms with E-state index in [9.17, 15) is 14.4 Å². The second-order valence-corrected chi connectivity index (χ2v) is 8.78. The van der Waals surface area contributed by atoms with Gasteiger partial charge in [0, 0.05) is 19.0 Å². The van der Waals surface area contributed by atoms with Crippen LogP contribution in [0.3, 0.4) is 0 Å². The first-order valence-corrected chi connectivity index (χ1v) is 9.99. The van der Waals surface area contributed by atoms with Crippen LogP contribution in [0.1, 0.15) is 72.6 Å². The fourth-order valence-electron chi connectivity index (χ4n) is 4.12. The molecule has 1 saturated heterocycles. The summed E-state index contributed by atoms with van der Waals surface area (Å²) in [6.45, 7) is 8.21. The van der Waals surface area contributed by atoms with Gasteiger partial charge in [0.25, 0.3) is 0 Å². The number of unbranched alkanes of at least 4 members (excludes halogenated alkanes) is 2. The van der Waals surface area contributed by atoms with E-state index < -0.39 is 17.1 Å². The maximum Gasteiger partial charge on any atom is 0.410 e. The number of carbonyl (C=O) groups is 3. The summed E-state index contributed by atoms with van der Waals surface area (Å²) >= 11 is 0. The van der Waals surface area contributed by atoms with E-state index in [1.165, 1.54) is 7.11 Å². The monoisotopic (exact) mass is 382 g/mol. The molecule has 154 valence electrons. The molecule has 7 nitrogen and oxygen atoms in total. The average molecular weight is 383 g/mol. The van der Waals surface area contributed by atoms with Crippen LogP contribution >= 0.6 is 0 Å². The zero-order chi connectivity index (χ0) is 20.2. The number of carbonyl (C=O) groups excluding carboxylic acids is 3. The predicted octanol–water partition coefficient (Wildman–Crippen LogP) is 3.01. The minimum absolute atomic E-state index is 0.0393. The summed E-state index contributed by atoms with van der Waals surface area (Å²) in [4.78, 5) is 38.8. The molecular formula is C20H34N2O5. The Hall–Kier alpha value is -1.79. The lowest BCUT2D eigenvalue weighted by Crippen LogP contribution is -2.62.